The lowest BCUT2D eigenvalue weighted by Crippen LogP contribution is -2.14. The zero-order valence-corrected chi connectivity index (χ0v) is 16.6. The molecule has 0 radical (unpaired) electrons. The van der Waals surface area contributed by atoms with Gasteiger partial charge in [-0.1, -0.05) is 29.3 Å². The number of carbonyl (C=O) groups excluding carboxylic acids is 1. The van der Waals surface area contributed by atoms with Crippen molar-refractivity contribution in [3.8, 4) is 11.5 Å². The van der Waals surface area contributed by atoms with Gasteiger partial charge in [0, 0.05) is 12.2 Å². The number of hydrogen-bond acceptors (Lipinski definition) is 4. The number of anilines is 1. The van der Waals surface area contributed by atoms with Crippen LogP contribution in [0.1, 0.15) is 17.5 Å². The van der Waals surface area contributed by atoms with Crippen molar-refractivity contribution in [3.63, 3.8) is 0 Å². The van der Waals surface area contributed by atoms with Crippen molar-refractivity contribution >= 4 is 46.6 Å². The van der Waals surface area contributed by atoms with Crippen molar-refractivity contribution in [2.24, 2.45) is 0 Å². The first-order valence-electron chi connectivity index (χ1n) is 8.24. The standard InChI is InChI=1S/C19H19Cl2NO3S/c1-12-3-4-16(14(20)7-12)22-18(23)11-26-10-13-8-15(21)19-17(9-13)24-5-2-6-25-19/h3-4,7-9H,2,5-6,10-11H2,1H3,(H,22,23). The van der Waals surface area contributed by atoms with Gasteiger partial charge in [-0.15, -0.1) is 11.8 Å². The Morgan fingerprint density at radius 2 is 1.96 bits per heavy atom. The van der Waals surface area contributed by atoms with E-state index in [0.717, 1.165) is 17.5 Å². The van der Waals surface area contributed by atoms with Gasteiger partial charge in [0.05, 0.1) is 34.7 Å². The van der Waals surface area contributed by atoms with Gasteiger partial charge in [0.15, 0.2) is 11.5 Å². The molecule has 0 bridgehead atoms. The molecule has 1 aliphatic heterocycles. The molecule has 0 atom stereocenters. The Kier molecular flexibility index (Phi) is 6.57. The van der Waals surface area contributed by atoms with Crippen molar-refractivity contribution in [2.75, 3.05) is 24.3 Å². The van der Waals surface area contributed by atoms with Crippen LogP contribution in [0.5, 0.6) is 11.5 Å². The van der Waals surface area contributed by atoms with E-state index in [1.807, 2.05) is 37.3 Å². The molecule has 0 spiro atoms. The number of rotatable bonds is 5. The lowest BCUT2D eigenvalue weighted by Gasteiger charge is -2.12. The summed E-state index contributed by atoms with van der Waals surface area (Å²) in [4.78, 5) is 12.1. The smallest absolute Gasteiger partial charge is 0.234 e. The Hall–Kier alpha value is -1.56. The third-order valence-electron chi connectivity index (χ3n) is 3.76. The van der Waals surface area contributed by atoms with E-state index >= 15 is 0 Å². The highest BCUT2D eigenvalue weighted by Crippen LogP contribution is 2.38. The van der Waals surface area contributed by atoms with Crippen LogP contribution in [0.4, 0.5) is 5.69 Å². The minimum atomic E-state index is -0.0961. The Morgan fingerprint density at radius 3 is 2.77 bits per heavy atom. The van der Waals surface area contributed by atoms with Crippen molar-refractivity contribution in [3.05, 3.63) is 51.5 Å². The molecule has 2 aromatic rings. The van der Waals surface area contributed by atoms with E-state index in [0.29, 0.717) is 52.0 Å². The molecule has 0 saturated heterocycles. The topological polar surface area (TPSA) is 47.6 Å². The molecule has 4 nitrogen and oxygen atoms in total. The van der Waals surface area contributed by atoms with E-state index < -0.39 is 0 Å². The highest BCUT2D eigenvalue weighted by molar-refractivity contribution is 7.99. The second-order valence-corrected chi connectivity index (χ2v) is 7.78. The number of nitrogens with one attached hydrogen (secondary N) is 1. The summed E-state index contributed by atoms with van der Waals surface area (Å²) in [7, 11) is 0. The minimum Gasteiger partial charge on any atom is -0.489 e. The molecular weight excluding hydrogens is 393 g/mol. The summed E-state index contributed by atoms with van der Waals surface area (Å²) in [6, 6.07) is 9.33. The summed E-state index contributed by atoms with van der Waals surface area (Å²) in [6.07, 6.45) is 0.830. The van der Waals surface area contributed by atoms with Gasteiger partial charge in [-0.2, -0.15) is 0 Å². The molecule has 0 saturated carbocycles. The van der Waals surface area contributed by atoms with Gasteiger partial charge in [0.2, 0.25) is 5.91 Å². The molecule has 3 rings (SSSR count). The Bertz CT molecular complexity index is 814. The number of ether oxygens (including phenoxy) is 2. The molecule has 7 heteroatoms. The zero-order chi connectivity index (χ0) is 18.5. The molecule has 1 amide bonds. The van der Waals surface area contributed by atoms with E-state index in [4.69, 9.17) is 32.7 Å². The number of halogens is 2. The number of thioether (sulfide) groups is 1. The quantitative estimate of drug-likeness (QED) is 0.721. The van der Waals surface area contributed by atoms with Crippen LogP contribution in [0, 0.1) is 6.92 Å². The van der Waals surface area contributed by atoms with Crippen LogP contribution in [0.15, 0.2) is 30.3 Å². The summed E-state index contributed by atoms with van der Waals surface area (Å²) in [6.45, 7) is 3.16. The van der Waals surface area contributed by atoms with Gasteiger partial charge in [0.1, 0.15) is 0 Å². The third kappa shape index (κ3) is 5.00. The normalized spacial score (nSPS) is 13.2. The van der Waals surface area contributed by atoms with Crippen molar-refractivity contribution in [1.29, 1.82) is 0 Å². The number of carbonyl (C=O) groups is 1. The second-order valence-electron chi connectivity index (χ2n) is 5.98. The van der Waals surface area contributed by atoms with Crippen LogP contribution in [-0.2, 0) is 10.5 Å². The Balaban J connectivity index is 1.55. The van der Waals surface area contributed by atoms with Crippen molar-refractivity contribution in [1.82, 2.24) is 0 Å². The SMILES string of the molecule is Cc1ccc(NC(=O)CSCc2cc(Cl)c3c(c2)OCCCO3)c(Cl)c1. The molecule has 0 unspecified atom stereocenters. The van der Waals surface area contributed by atoms with Crippen LogP contribution < -0.4 is 14.8 Å². The third-order valence-corrected chi connectivity index (χ3v) is 5.36. The predicted molar refractivity (Wildman–Crippen MR) is 108 cm³/mol. The minimum absolute atomic E-state index is 0.0961. The molecule has 2 aromatic carbocycles. The maximum absolute atomic E-state index is 12.1. The second kappa shape index (κ2) is 8.89. The van der Waals surface area contributed by atoms with Crippen LogP contribution in [0.2, 0.25) is 10.0 Å². The number of hydrogen-bond donors (Lipinski definition) is 1. The van der Waals surface area contributed by atoms with Crippen molar-refractivity contribution < 1.29 is 14.3 Å². The molecule has 0 aliphatic carbocycles. The van der Waals surface area contributed by atoms with E-state index in [9.17, 15) is 4.79 Å². The molecule has 0 aromatic heterocycles. The van der Waals surface area contributed by atoms with Crippen LogP contribution in [-0.4, -0.2) is 24.9 Å². The monoisotopic (exact) mass is 411 g/mol. The lowest BCUT2D eigenvalue weighted by atomic mass is 10.2. The largest absolute Gasteiger partial charge is 0.489 e. The fourth-order valence-electron chi connectivity index (χ4n) is 2.54. The van der Waals surface area contributed by atoms with E-state index in [-0.39, 0.29) is 5.91 Å². The fourth-order valence-corrected chi connectivity index (χ4v) is 3.87. The zero-order valence-electron chi connectivity index (χ0n) is 14.3. The average Bonchev–Trinajstić information content (AvgIpc) is 2.83. The first-order valence-corrected chi connectivity index (χ1v) is 10.2. The molecule has 1 aliphatic rings. The average molecular weight is 412 g/mol. The summed E-state index contributed by atoms with van der Waals surface area (Å²) < 4.78 is 11.3. The molecule has 1 heterocycles. The molecule has 138 valence electrons. The molecule has 0 fully saturated rings. The lowest BCUT2D eigenvalue weighted by molar-refractivity contribution is -0.113. The Morgan fingerprint density at radius 1 is 1.15 bits per heavy atom. The van der Waals surface area contributed by atoms with Crippen LogP contribution in [0.25, 0.3) is 0 Å². The maximum Gasteiger partial charge on any atom is 0.234 e. The van der Waals surface area contributed by atoms with Gasteiger partial charge in [-0.25, -0.2) is 0 Å². The summed E-state index contributed by atoms with van der Waals surface area (Å²) in [5, 5.41) is 3.91. The van der Waals surface area contributed by atoms with E-state index in [1.165, 1.54) is 11.8 Å². The van der Waals surface area contributed by atoms with Gasteiger partial charge in [0.25, 0.3) is 0 Å². The van der Waals surface area contributed by atoms with Crippen molar-refractivity contribution in [2.45, 2.75) is 19.1 Å². The number of aryl methyl sites for hydroxylation is 1. The molecule has 1 N–H and O–H groups in total. The molecular formula is C19H19Cl2NO3S. The fraction of sp³-hybridized carbons (Fsp3) is 0.316. The highest BCUT2D eigenvalue weighted by atomic mass is 35.5. The number of benzene rings is 2. The first-order chi connectivity index (χ1) is 12.5. The van der Waals surface area contributed by atoms with Gasteiger partial charge < -0.3 is 14.8 Å². The predicted octanol–water partition coefficient (Wildman–Crippen LogP) is 5.34. The van der Waals surface area contributed by atoms with Crippen LogP contribution >= 0.6 is 35.0 Å². The van der Waals surface area contributed by atoms with E-state index in [2.05, 4.69) is 5.32 Å². The van der Waals surface area contributed by atoms with E-state index in [1.54, 1.807) is 0 Å². The summed E-state index contributed by atoms with van der Waals surface area (Å²) in [5.74, 6) is 2.13. The summed E-state index contributed by atoms with van der Waals surface area (Å²) >= 11 is 13.9. The van der Waals surface area contributed by atoms with Gasteiger partial charge in [-0.3, -0.25) is 4.79 Å². The first kappa shape index (κ1) is 19.2. The highest BCUT2D eigenvalue weighted by Gasteiger charge is 2.16. The summed E-state index contributed by atoms with van der Waals surface area (Å²) in [5.41, 5.74) is 2.67. The molecule has 26 heavy (non-hydrogen) atoms. The van der Waals surface area contributed by atoms with Gasteiger partial charge >= 0.3 is 0 Å². The Labute approximate surface area is 167 Å². The number of fused-ring (bicyclic) bond motifs is 1. The van der Waals surface area contributed by atoms with Gasteiger partial charge in [-0.05, 0) is 42.3 Å². The van der Waals surface area contributed by atoms with Crippen LogP contribution in [0.3, 0.4) is 0 Å². The maximum atomic E-state index is 12.1. The number of amides is 1.